The van der Waals surface area contributed by atoms with Gasteiger partial charge in [-0.25, -0.2) is 0 Å². The number of rotatable bonds is 4. The van der Waals surface area contributed by atoms with Gasteiger partial charge in [0.15, 0.2) is 0 Å². The van der Waals surface area contributed by atoms with E-state index in [0.29, 0.717) is 6.61 Å². The molecule has 1 fully saturated rings. The highest BCUT2D eigenvalue weighted by Crippen LogP contribution is 2.19. The normalized spacial score (nSPS) is 19.5. The van der Waals surface area contributed by atoms with Crippen molar-refractivity contribution in [3.05, 3.63) is 5.92 Å². The van der Waals surface area contributed by atoms with Gasteiger partial charge in [-0.3, -0.25) is 4.79 Å². The van der Waals surface area contributed by atoms with Crippen LogP contribution in [0.5, 0.6) is 0 Å². The highest BCUT2D eigenvalue weighted by Gasteiger charge is 2.25. The largest absolute Gasteiger partial charge is 0.466 e. The van der Waals surface area contributed by atoms with Crippen LogP contribution in [0.25, 0.3) is 0 Å². The molecule has 0 saturated carbocycles. The van der Waals surface area contributed by atoms with Crippen molar-refractivity contribution in [3.63, 3.8) is 0 Å². The Kier molecular flexibility index (Phi) is 5.09. The predicted octanol–water partition coefficient (Wildman–Crippen LogP) is 1.88. The second-order valence-electron chi connectivity index (χ2n) is 4.51. The van der Waals surface area contributed by atoms with Crippen LogP contribution in [0, 0.1) is 11.8 Å². The lowest BCUT2D eigenvalue weighted by molar-refractivity contribution is -0.149. The molecule has 0 atom stereocenters. The summed E-state index contributed by atoms with van der Waals surface area (Å²) in [7, 11) is 0. The van der Waals surface area contributed by atoms with Crippen molar-refractivity contribution in [2.24, 2.45) is 5.92 Å². The zero-order chi connectivity index (χ0) is 11.3. The molecule has 0 spiro atoms. The number of hydrogen-bond acceptors (Lipinski definition) is 3. The summed E-state index contributed by atoms with van der Waals surface area (Å²) in [6.45, 7) is 9.77. The van der Waals surface area contributed by atoms with Crippen molar-refractivity contribution in [1.82, 2.24) is 4.90 Å². The number of hydrogen-bond donors (Lipinski definition) is 0. The molecule has 1 rings (SSSR count). The standard InChI is InChI=1S/C12H22NO2/c1-4-15-12(14)11-5-7-13(8-6-11)9-10(2)3/h11H,4-9H2,1-3H3. The number of carbonyl (C=O) groups excluding carboxylic acids is 1. The van der Waals surface area contributed by atoms with Crippen LogP contribution < -0.4 is 0 Å². The van der Waals surface area contributed by atoms with Gasteiger partial charge in [0, 0.05) is 6.54 Å². The Bertz CT molecular complexity index is 196. The molecule has 0 aromatic heterocycles. The van der Waals surface area contributed by atoms with Gasteiger partial charge < -0.3 is 9.64 Å². The van der Waals surface area contributed by atoms with E-state index in [1.54, 1.807) is 0 Å². The fourth-order valence-electron chi connectivity index (χ4n) is 2.03. The second-order valence-corrected chi connectivity index (χ2v) is 4.51. The van der Waals surface area contributed by atoms with Crippen LogP contribution >= 0.6 is 0 Å². The molecule has 15 heavy (non-hydrogen) atoms. The number of likely N-dealkylation sites (tertiary alicyclic amines) is 1. The minimum absolute atomic E-state index is 0.00523. The topological polar surface area (TPSA) is 29.5 Å². The highest BCUT2D eigenvalue weighted by molar-refractivity contribution is 5.72. The molecule has 0 N–H and O–H groups in total. The van der Waals surface area contributed by atoms with Gasteiger partial charge in [-0.05, 0) is 38.8 Å². The number of esters is 1. The summed E-state index contributed by atoms with van der Waals surface area (Å²) >= 11 is 0. The predicted molar refractivity (Wildman–Crippen MR) is 60.4 cm³/mol. The van der Waals surface area contributed by atoms with Crippen molar-refractivity contribution in [1.29, 1.82) is 0 Å². The first-order valence-electron chi connectivity index (χ1n) is 5.81. The average Bonchev–Trinajstić information content (AvgIpc) is 2.18. The minimum atomic E-state index is -0.00523. The van der Waals surface area contributed by atoms with Gasteiger partial charge in [0.05, 0.1) is 12.5 Å². The van der Waals surface area contributed by atoms with E-state index in [4.69, 9.17) is 4.74 Å². The minimum Gasteiger partial charge on any atom is -0.466 e. The fraction of sp³-hybridized carbons (Fsp3) is 0.833. The summed E-state index contributed by atoms with van der Waals surface area (Å²) in [6, 6.07) is 0. The first-order chi connectivity index (χ1) is 7.13. The van der Waals surface area contributed by atoms with Gasteiger partial charge >= 0.3 is 5.97 Å². The molecular weight excluding hydrogens is 190 g/mol. The Hall–Kier alpha value is -0.570. The summed E-state index contributed by atoms with van der Waals surface area (Å²) in [5.41, 5.74) is 0. The van der Waals surface area contributed by atoms with Crippen LogP contribution in [0.4, 0.5) is 0 Å². The number of ether oxygens (including phenoxy) is 1. The van der Waals surface area contributed by atoms with Crippen molar-refractivity contribution >= 4 is 5.97 Å². The molecule has 0 amide bonds. The highest BCUT2D eigenvalue weighted by atomic mass is 16.5. The quantitative estimate of drug-likeness (QED) is 0.666. The summed E-state index contributed by atoms with van der Waals surface area (Å²) in [6.07, 6.45) is 1.90. The van der Waals surface area contributed by atoms with Crippen molar-refractivity contribution in [3.8, 4) is 0 Å². The molecule has 1 heterocycles. The molecule has 3 heteroatoms. The first kappa shape index (κ1) is 12.5. The molecule has 0 aromatic carbocycles. The Morgan fingerprint density at radius 1 is 1.33 bits per heavy atom. The smallest absolute Gasteiger partial charge is 0.309 e. The van der Waals surface area contributed by atoms with E-state index in [9.17, 15) is 4.79 Å². The van der Waals surface area contributed by atoms with Crippen LogP contribution in [-0.2, 0) is 9.53 Å². The summed E-state index contributed by atoms with van der Waals surface area (Å²) in [5, 5.41) is 0. The SMILES string of the molecule is CCOC(=O)C1CCN(C[C](C)C)CC1. The number of carbonyl (C=O) groups is 1. The van der Waals surface area contributed by atoms with E-state index in [1.807, 2.05) is 6.92 Å². The molecule has 0 bridgehead atoms. The van der Waals surface area contributed by atoms with Gasteiger partial charge in [0.25, 0.3) is 0 Å². The maximum atomic E-state index is 11.5. The van der Waals surface area contributed by atoms with Crippen LogP contribution in [-0.4, -0.2) is 37.1 Å². The summed E-state index contributed by atoms with van der Waals surface area (Å²) in [4.78, 5) is 13.9. The molecule has 1 saturated heterocycles. The molecule has 0 unspecified atom stereocenters. The lowest BCUT2D eigenvalue weighted by Gasteiger charge is -2.31. The third-order valence-corrected chi connectivity index (χ3v) is 2.75. The van der Waals surface area contributed by atoms with Crippen LogP contribution in [0.2, 0.25) is 0 Å². The molecule has 1 aliphatic rings. The van der Waals surface area contributed by atoms with Crippen LogP contribution in [0.3, 0.4) is 0 Å². The Balaban J connectivity index is 2.26. The Morgan fingerprint density at radius 3 is 2.40 bits per heavy atom. The maximum absolute atomic E-state index is 11.5. The molecule has 1 aliphatic heterocycles. The Labute approximate surface area is 92.8 Å². The van der Waals surface area contributed by atoms with E-state index in [2.05, 4.69) is 18.7 Å². The lowest BCUT2D eigenvalue weighted by atomic mass is 9.96. The Morgan fingerprint density at radius 2 is 1.93 bits per heavy atom. The first-order valence-corrected chi connectivity index (χ1v) is 5.81. The monoisotopic (exact) mass is 212 g/mol. The van der Waals surface area contributed by atoms with Gasteiger partial charge in [0.2, 0.25) is 0 Å². The molecule has 1 radical (unpaired) electrons. The van der Waals surface area contributed by atoms with Gasteiger partial charge in [-0.2, -0.15) is 0 Å². The van der Waals surface area contributed by atoms with Crippen molar-refractivity contribution in [2.45, 2.75) is 33.6 Å². The molecule has 0 aliphatic carbocycles. The second kappa shape index (κ2) is 6.11. The molecular formula is C12H22NO2. The van der Waals surface area contributed by atoms with Crippen molar-refractivity contribution in [2.75, 3.05) is 26.2 Å². The van der Waals surface area contributed by atoms with E-state index < -0.39 is 0 Å². The third kappa shape index (κ3) is 4.20. The number of piperidine rings is 1. The third-order valence-electron chi connectivity index (χ3n) is 2.75. The van der Waals surface area contributed by atoms with Gasteiger partial charge in [-0.1, -0.05) is 13.8 Å². The number of nitrogens with zero attached hydrogens (tertiary/aromatic N) is 1. The van der Waals surface area contributed by atoms with Crippen LogP contribution in [0.15, 0.2) is 0 Å². The van der Waals surface area contributed by atoms with Gasteiger partial charge in [0.1, 0.15) is 0 Å². The van der Waals surface area contributed by atoms with Gasteiger partial charge in [-0.15, -0.1) is 0 Å². The zero-order valence-electron chi connectivity index (χ0n) is 10.1. The van der Waals surface area contributed by atoms with Crippen molar-refractivity contribution < 1.29 is 9.53 Å². The van der Waals surface area contributed by atoms with Crippen LogP contribution in [0.1, 0.15) is 33.6 Å². The maximum Gasteiger partial charge on any atom is 0.309 e. The summed E-state index contributed by atoms with van der Waals surface area (Å²) < 4.78 is 5.04. The van der Waals surface area contributed by atoms with E-state index >= 15 is 0 Å². The molecule has 3 nitrogen and oxygen atoms in total. The van der Waals surface area contributed by atoms with E-state index in [-0.39, 0.29) is 11.9 Å². The molecule has 0 aromatic rings. The average molecular weight is 212 g/mol. The van der Waals surface area contributed by atoms with E-state index in [0.717, 1.165) is 32.5 Å². The fourth-order valence-corrected chi connectivity index (χ4v) is 2.03. The lowest BCUT2D eigenvalue weighted by Crippen LogP contribution is -2.38. The zero-order valence-corrected chi connectivity index (χ0v) is 10.1. The van der Waals surface area contributed by atoms with E-state index in [1.165, 1.54) is 5.92 Å². The molecule has 87 valence electrons. The summed E-state index contributed by atoms with van der Waals surface area (Å²) in [5.74, 6) is 1.57.